The molecule has 0 unspecified atom stereocenters. The molecular weight excluding hydrogens is 322 g/mol. The number of rotatable bonds is 8. The van der Waals surface area contributed by atoms with Crippen LogP contribution in [0.5, 0.6) is 5.75 Å². The van der Waals surface area contributed by atoms with Crippen LogP contribution < -0.4 is 10.1 Å². The van der Waals surface area contributed by atoms with Crippen molar-refractivity contribution in [2.75, 3.05) is 13.7 Å². The zero-order valence-corrected chi connectivity index (χ0v) is 16.5. The van der Waals surface area contributed by atoms with Gasteiger partial charge in [-0.1, -0.05) is 63.2 Å². The summed E-state index contributed by atoms with van der Waals surface area (Å²) in [5, 5.41) is 3.02. The normalized spacial score (nSPS) is 11.2. The van der Waals surface area contributed by atoms with Crippen molar-refractivity contribution in [3.8, 4) is 5.75 Å². The van der Waals surface area contributed by atoms with Crippen LogP contribution in [0.1, 0.15) is 50.3 Å². The van der Waals surface area contributed by atoms with E-state index in [2.05, 4.69) is 56.4 Å². The van der Waals surface area contributed by atoms with E-state index in [1.165, 1.54) is 16.7 Å². The summed E-state index contributed by atoms with van der Waals surface area (Å²) in [6, 6.07) is 16.6. The minimum Gasteiger partial charge on any atom is -0.496 e. The highest BCUT2D eigenvalue weighted by Gasteiger charge is 2.13. The van der Waals surface area contributed by atoms with Crippen LogP contribution in [-0.4, -0.2) is 19.6 Å². The van der Waals surface area contributed by atoms with Crippen LogP contribution in [0.25, 0.3) is 0 Å². The lowest BCUT2D eigenvalue weighted by molar-refractivity contribution is -0.121. The molecule has 0 saturated heterocycles. The van der Waals surface area contributed by atoms with E-state index in [1.807, 2.05) is 18.2 Å². The van der Waals surface area contributed by atoms with Gasteiger partial charge in [0.15, 0.2) is 0 Å². The first-order chi connectivity index (χ1) is 12.4. The molecule has 3 nitrogen and oxygen atoms in total. The van der Waals surface area contributed by atoms with E-state index in [0.29, 0.717) is 13.0 Å². The second-order valence-electron chi connectivity index (χ2n) is 7.71. The summed E-state index contributed by atoms with van der Waals surface area (Å²) in [4.78, 5) is 12.0. The first kappa shape index (κ1) is 20.0. The summed E-state index contributed by atoms with van der Waals surface area (Å²) in [6.07, 6.45) is 3.12. The van der Waals surface area contributed by atoms with Gasteiger partial charge < -0.3 is 10.1 Å². The van der Waals surface area contributed by atoms with Crippen molar-refractivity contribution in [2.24, 2.45) is 0 Å². The van der Waals surface area contributed by atoms with E-state index < -0.39 is 0 Å². The number of hydrogen-bond donors (Lipinski definition) is 1. The highest BCUT2D eigenvalue weighted by Crippen LogP contribution is 2.22. The molecule has 3 heteroatoms. The molecule has 0 atom stereocenters. The number of para-hydroxylation sites is 1. The number of nitrogens with one attached hydrogen (secondary N) is 1. The zero-order chi connectivity index (χ0) is 19.0. The Morgan fingerprint density at radius 2 is 1.69 bits per heavy atom. The molecular formula is C23H31NO2. The standard InChI is InChI=1S/C23H31NO2/c1-23(2,3)20-14-11-18(12-15-20)13-16-22(25)24-17-7-9-19-8-5-6-10-21(19)26-4/h5-6,8,10-12,14-15H,7,9,13,16-17H2,1-4H3,(H,24,25). The fraction of sp³-hybridized carbons (Fsp3) is 0.435. The van der Waals surface area contributed by atoms with E-state index in [1.54, 1.807) is 7.11 Å². The number of carbonyl (C=O) groups is 1. The molecule has 140 valence electrons. The van der Waals surface area contributed by atoms with Crippen LogP contribution in [0.4, 0.5) is 0 Å². The minimum atomic E-state index is 0.116. The molecule has 26 heavy (non-hydrogen) atoms. The maximum atomic E-state index is 12.0. The lowest BCUT2D eigenvalue weighted by Gasteiger charge is -2.19. The molecule has 0 aliphatic rings. The molecule has 1 amide bonds. The third-order valence-electron chi connectivity index (χ3n) is 4.60. The van der Waals surface area contributed by atoms with E-state index in [0.717, 1.165) is 25.0 Å². The Bertz CT molecular complexity index is 699. The van der Waals surface area contributed by atoms with E-state index in [-0.39, 0.29) is 11.3 Å². The predicted molar refractivity (Wildman–Crippen MR) is 108 cm³/mol. The van der Waals surface area contributed by atoms with Gasteiger partial charge >= 0.3 is 0 Å². The Hall–Kier alpha value is -2.29. The second kappa shape index (κ2) is 9.42. The summed E-state index contributed by atoms with van der Waals surface area (Å²) >= 11 is 0. The molecule has 0 aliphatic heterocycles. The Labute approximate surface area is 157 Å². The largest absolute Gasteiger partial charge is 0.496 e. The lowest BCUT2D eigenvalue weighted by Crippen LogP contribution is -2.25. The van der Waals surface area contributed by atoms with Gasteiger partial charge in [-0.25, -0.2) is 0 Å². The van der Waals surface area contributed by atoms with Gasteiger partial charge in [0.25, 0.3) is 0 Å². The van der Waals surface area contributed by atoms with Crippen molar-refractivity contribution in [1.82, 2.24) is 5.32 Å². The molecule has 2 aromatic rings. The fourth-order valence-electron chi connectivity index (χ4n) is 2.93. The first-order valence-electron chi connectivity index (χ1n) is 9.38. The zero-order valence-electron chi connectivity index (χ0n) is 16.5. The van der Waals surface area contributed by atoms with E-state index >= 15 is 0 Å². The molecule has 0 heterocycles. The monoisotopic (exact) mass is 353 g/mol. The second-order valence-corrected chi connectivity index (χ2v) is 7.71. The molecule has 0 spiro atoms. The molecule has 1 N–H and O–H groups in total. The molecule has 0 fully saturated rings. The number of ether oxygens (including phenoxy) is 1. The molecule has 0 bridgehead atoms. The van der Waals surface area contributed by atoms with Crippen LogP contribution in [-0.2, 0) is 23.1 Å². The maximum absolute atomic E-state index is 12.0. The van der Waals surface area contributed by atoms with Gasteiger partial charge in [-0.05, 0) is 47.4 Å². The quantitative estimate of drug-likeness (QED) is 0.700. The predicted octanol–water partition coefficient (Wildman–Crippen LogP) is 4.67. The number of aryl methyl sites for hydroxylation is 2. The average Bonchev–Trinajstić information content (AvgIpc) is 2.63. The third kappa shape index (κ3) is 6.21. The highest BCUT2D eigenvalue weighted by molar-refractivity contribution is 5.76. The fourth-order valence-corrected chi connectivity index (χ4v) is 2.93. The third-order valence-corrected chi connectivity index (χ3v) is 4.60. The summed E-state index contributed by atoms with van der Waals surface area (Å²) in [6.45, 7) is 7.32. The minimum absolute atomic E-state index is 0.116. The summed E-state index contributed by atoms with van der Waals surface area (Å²) in [5.41, 5.74) is 3.88. The van der Waals surface area contributed by atoms with Crippen molar-refractivity contribution in [3.63, 3.8) is 0 Å². The van der Waals surface area contributed by atoms with Crippen molar-refractivity contribution >= 4 is 5.91 Å². The number of amides is 1. The van der Waals surface area contributed by atoms with Gasteiger partial charge in [0.1, 0.15) is 5.75 Å². The Kier molecular flexibility index (Phi) is 7.26. The van der Waals surface area contributed by atoms with E-state index in [4.69, 9.17) is 4.74 Å². The van der Waals surface area contributed by atoms with Crippen LogP contribution in [0.2, 0.25) is 0 Å². The topological polar surface area (TPSA) is 38.3 Å². The van der Waals surface area contributed by atoms with E-state index in [9.17, 15) is 4.79 Å². The van der Waals surface area contributed by atoms with Gasteiger partial charge in [-0.3, -0.25) is 4.79 Å². The molecule has 0 aromatic heterocycles. The number of methoxy groups -OCH3 is 1. The lowest BCUT2D eigenvalue weighted by atomic mass is 9.86. The molecule has 2 rings (SSSR count). The Balaban J connectivity index is 1.69. The van der Waals surface area contributed by atoms with Crippen LogP contribution >= 0.6 is 0 Å². The van der Waals surface area contributed by atoms with Gasteiger partial charge in [0.2, 0.25) is 5.91 Å². The van der Waals surface area contributed by atoms with Crippen LogP contribution in [0, 0.1) is 0 Å². The van der Waals surface area contributed by atoms with Crippen molar-refractivity contribution < 1.29 is 9.53 Å². The molecule has 0 radical (unpaired) electrons. The van der Waals surface area contributed by atoms with Crippen molar-refractivity contribution in [2.45, 2.75) is 51.9 Å². The number of carbonyl (C=O) groups excluding carboxylic acids is 1. The van der Waals surface area contributed by atoms with Gasteiger partial charge in [0.05, 0.1) is 7.11 Å². The van der Waals surface area contributed by atoms with Gasteiger partial charge in [-0.15, -0.1) is 0 Å². The molecule has 0 aliphatic carbocycles. The Morgan fingerprint density at radius 3 is 2.35 bits per heavy atom. The summed E-state index contributed by atoms with van der Waals surface area (Å²) < 4.78 is 5.35. The number of benzene rings is 2. The molecule has 2 aromatic carbocycles. The summed E-state index contributed by atoms with van der Waals surface area (Å²) in [7, 11) is 1.69. The van der Waals surface area contributed by atoms with Crippen LogP contribution in [0.15, 0.2) is 48.5 Å². The highest BCUT2D eigenvalue weighted by atomic mass is 16.5. The average molecular weight is 354 g/mol. The molecule has 0 saturated carbocycles. The van der Waals surface area contributed by atoms with Crippen molar-refractivity contribution in [1.29, 1.82) is 0 Å². The first-order valence-corrected chi connectivity index (χ1v) is 9.38. The maximum Gasteiger partial charge on any atom is 0.220 e. The van der Waals surface area contributed by atoms with Gasteiger partial charge in [-0.2, -0.15) is 0 Å². The van der Waals surface area contributed by atoms with Crippen LogP contribution in [0.3, 0.4) is 0 Å². The summed E-state index contributed by atoms with van der Waals surface area (Å²) in [5.74, 6) is 1.03. The Morgan fingerprint density at radius 1 is 1.00 bits per heavy atom. The smallest absolute Gasteiger partial charge is 0.220 e. The van der Waals surface area contributed by atoms with Crippen molar-refractivity contribution in [3.05, 3.63) is 65.2 Å². The van der Waals surface area contributed by atoms with Gasteiger partial charge in [0, 0.05) is 13.0 Å². The SMILES string of the molecule is COc1ccccc1CCCNC(=O)CCc1ccc(C(C)(C)C)cc1. The number of hydrogen-bond acceptors (Lipinski definition) is 2.